The largest absolute Gasteiger partial charge is 0.340 e. The number of amides is 1. The molecule has 0 unspecified atom stereocenters. The Morgan fingerprint density at radius 2 is 1.86 bits per heavy atom. The molecular weight excluding hydrogens is 350 g/mol. The van der Waals surface area contributed by atoms with Gasteiger partial charge < -0.3 is 10.2 Å². The highest BCUT2D eigenvalue weighted by molar-refractivity contribution is 6.05. The number of nitrogens with one attached hydrogen (secondary N) is 1. The summed E-state index contributed by atoms with van der Waals surface area (Å²) in [6.07, 6.45) is 0. The maximum Gasteiger partial charge on any atom is 0.277 e. The lowest BCUT2D eigenvalue weighted by Crippen LogP contribution is -2.31. The number of anilines is 3. The fraction of sp³-hybridized carbons (Fsp3) is 0.182. The summed E-state index contributed by atoms with van der Waals surface area (Å²) in [7, 11) is 0. The van der Waals surface area contributed by atoms with Crippen molar-refractivity contribution in [2.24, 2.45) is 0 Å². The lowest BCUT2D eigenvalue weighted by Gasteiger charge is -2.21. The van der Waals surface area contributed by atoms with Crippen LogP contribution < -0.4 is 10.2 Å². The molecule has 1 heterocycles. The SMILES string of the molecule is CCN(C(=O)c1cc(Nc2ccc(C#N)cc2)nc(C)n1)c1cccc(C)c1. The predicted molar refractivity (Wildman–Crippen MR) is 110 cm³/mol. The van der Waals surface area contributed by atoms with E-state index in [9.17, 15) is 4.79 Å². The first-order valence-corrected chi connectivity index (χ1v) is 9.01. The molecule has 3 rings (SSSR count). The van der Waals surface area contributed by atoms with Crippen LogP contribution in [0.4, 0.5) is 17.2 Å². The summed E-state index contributed by atoms with van der Waals surface area (Å²) in [5, 5.41) is 12.1. The van der Waals surface area contributed by atoms with E-state index in [1.807, 2.05) is 38.1 Å². The van der Waals surface area contributed by atoms with Crippen LogP contribution in [0.2, 0.25) is 0 Å². The predicted octanol–water partition coefficient (Wildman–Crippen LogP) is 4.38. The summed E-state index contributed by atoms with van der Waals surface area (Å²) < 4.78 is 0. The molecule has 6 heteroatoms. The van der Waals surface area contributed by atoms with Gasteiger partial charge in [0.2, 0.25) is 0 Å². The number of nitrogens with zero attached hydrogens (tertiary/aromatic N) is 4. The van der Waals surface area contributed by atoms with Crippen molar-refractivity contribution in [3.8, 4) is 6.07 Å². The van der Waals surface area contributed by atoms with Gasteiger partial charge in [-0.1, -0.05) is 12.1 Å². The van der Waals surface area contributed by atoms with Gasteiger partial charge in [0.15, 0.2) is 0 Å². The quantitative estimate of drug-likeness (QED) is 0.720. The molecule has 6 nitrogen and oxygen atoms in total. The molecule has 0 bridgehead atoms. The number of hydrogen-bond donors (Lipinski definition) is 1. The second-order valence-electron chi connectivity index (χ2n) is 6.39. The lowest BCUT2D eigenvalue weighted by molar-refractivity contribution is 0.0983. The van der Waals surface area contributed by atoms with E-state index in [1.165, 1.54) is 0 Å². The molecule has 0 aliphatic heterocycles. The Morgan fingerprint density at radius 3 is 2.50 bits per heavy atom. The van der Waals surface area contributed by atoms with E-state index in [0.29, 0.717) is 29.4 Å². The molecule has 0 atom stereocenters. The highest BCUT2D eigenvalue weighted by Crippen LogP contribution is 2.20. The van der Waals surface area contributed by atoms with Gasteiger partial charge in [-0.2, -0.15) is 5.26 Å². The standard InChI is InChI=1S/C22H21N5O/c1-4-27(19-7-5-6-15(2)12-19)22(28)20-13-21(25-16(3)24-20)26-18-10-8-17(14-23)9-11-18/h5-13H,4H2,1-3H3,(H,24,25,26). The number of rotatable bonds is 5. The summed E-state index contributed by atoms with van der Waals surface area (Å²) in [6.45, 7) is 6.22. The highest BCUT2D eigenvalue weighted by Gasteiger charge is 2.19. The minimum Gasteiger partial charge on any atom is -0.340 e. The third-order valence-electron chi connectivity index (χ3n) is 4.22. The van der Waals surface area contributed by atoms with Crippen molar-refractivity contribution in [2.75, 3.05) is 16.8 Å². The lowest BCUT2D eigenvalue weighted by atomic mass is 10.2. The van der Waals surface area contributed by atoms with E-state index >= 15 is 0 Å². The van der Waals surface area contributed by atoms with E-state index < -0.39 is 0 Å². The van der Waals surface area contributed by atoms with Crippen molar-refractivity contribution in [2.45, 2.75) is 20.8 Å². The van der Waals surface area contributed by atoms with Crippen molar-refractivity contribution >= 4 is 23.1 Å². The number of aromatic nitrogens is 2. The maximum atomic E-state index is 13.1. The van der Waals surface area contributed by atoms with Crippen LogP contribution in [0.5, 0.6) is 0 Å². The smallest absolute Gasteiger partial charge is 0.277 e. The summed E-state index contributed by atoms with van der Waals surface area (Å²) in [6, 6.07) is 18.6. The molecule has 0 aliphatic rings. The second kappa shape index (κ2) is 8.31. The Labute approximate surface area is 164 Å². The summed E-state index contributed by atoms with van der Waals surface area (Å²) in [5.74, 6) is 0.852. The van der Waals surface area contributed by atoms with Crippen LogP contribution in [0, 0.1) is 25.2 Å². The number of hydrogen-bond acceptors (Lipinski definition) is 5. The first-order chi connectivity index (χ1) is 13.5. The monoisotopic (exact) mass is 371 g/mol. The first kappa shape index (κ1) is 19.1. The Kier molecular flexibility index (Phi) is 5.66. The Hall–Kier alpha value is -3.72. The molecule has 0 radical (unpaired) electrons. The molecule has 0 aliphatic carbocycles. The van der Waals surface area contributed by atoms with Gasteiger partial charge in [0.05, 0.1) is 11.6 Å². The number of nitriles is 1. The van der Waals surface area contributed by atoms with Crippen molar-refractivity contribution in [1.82, 2.24) is 9.97 Å². The van der Waals surface area contributed by atoms with Gasteiger partial charge >= 0.3 is 0 Å². The Morgan fingerprint density at radius 1 is 1.11 bits per heavy atom. The van der Waals surface area contributed by atoms with Gasteiger partial charge in [-0.3, -0.25) is 4.79 Å². The fourth-order valence-electron chi connectivity index (χ4n) is 2.89. The zero-order valence-electron chi connectivity index (χ0n) is 16.1. The van der Waals surface area contributed by atoms with Gasteiger partial charge in [0, 0.05) is 24.0 Å². The van der Waals surface area contributed by atoms with E-state index in [-0.39, 0.29) is 5.91 Å². The van der Waals surface area contributed by atoms with Gasteiger partial charge in [0.1, 0.15) is 17.3 Å². The number of aryl methyl sites for hydroxylation is 2. The van der Waals surface area contributed by atoms with Crippen LogP contribution in [0.25, 0.3) is 0 Å². The number of carbonyl (C=O) groups is 1. The third kappa shape index (κ3) is 4.33. The summed E-state index contributed by atoms with van der Waals surface area (Å²) in [4.78, 5) is 23.5. The molecule has 28 heavy (non-hydrogen) atoms. The van der Waals surface area contributed by atoms with Gasteiger partial charge in [0.25, 0.3) is 5.91 Å². The fourth-order valence-corrected chi connectivity index (χ4v) is 2.89. The molecule has 0 saturated carbocycles. The normalized spacial score (nSPS) is 10.2. The topological polar surface area (TPSA) is 81.9 Å². The average molecular weight is 371 g/mol. The zero-order valence-corrected chi connectivity index (χ0v) is 16.1. The van der Waals surface area contributed by atoms with Gasteiger partial charge in [-0.05, 0) is 62.7 Å². The number of benzene rings is 2. The molecule has 2 aromatic carbocycles. The molecule has 0 fully saturated rings. The maximum absolute atomic E-state index is 13.1. The van der Waals surface area contributed by atoms with E-state index in [2.05, 4.69) is 21.4 Å². The van der Waals surface area contributed by atoms with Crippen molar-refractivity contribution in [3.05, 3.63) is 77.2 Å². The van der Waals surface area contributed by atoms with E-state index in [4.69, 9.17) is 5.26 Å². The Bertz CT molecular complexity index is 1040. The molecule has 1 N–H and O–H groups in total. The zero-order chi connectivity index (χ0) is 20.1. The molecule has 1 amide bonds. The van der Waals surface area contributed by atoms with Crippen LogP contribution in [0.1, 0.15) is 34.4 Å². The number of carbonyl (C=O) groups excluding carboxylic acids is 1. The third-order valence-corrected chi connectivity index (χ3v) is 4.22. The summed E-state index contributed by atoms with van der Waals surface area (Å²) in [5.41, 5.74) is 3.61. The second-order valence-corrected chi connectivity index (χ2v) is 6.39. The van der Waals surface area contributed by atoms with Gasteiger partial charge in [-0.15, -0.1) is 0 Å². The molecule has 0 saturated heterocycles. The highest BCUT2D eigenvalue weighted by atomic mass is 16.2. The van der Waals surface area contributed by atoms with Crippen LogP contribution in [0.15, 0.2) is 54.6 Å². The van der Waals surface area contributed by atoms with Crippen LogP contribution in [0.3, 0.4) is 0 Å². The molecular formula is C22H21N5O. The molecule has 3 aromatic rings. The molecule has 1 aromatic heterocycles. The van der Waals surface area contributed by atoms with Gasteiger partial charge in [-0.25, -0.2) is 9.97 Å². The molecule has 0 spiro atoms. The van der Waals surface area contributed by atoms with Crippen molar-refractivity contribution < 1.29 is 4.79 Å². The van der Waals surface area contributed by atoms with Crippen molar-refractivity contribution in [3.63, 3.8) is 0 Å². The summed E-state index contributed by atoms with van der Waals surface area (Å²) >= 11 is 0. The van der Waals surface area contributed by atoms with Crippen LogP contribution >= 0.6 is 0 Å². The average Bonchev–Trinajstić information content (AvgIpc) is 2.69. The Balaban J connectivity index is 1.89. The van der Waals surface area contributed by atoms with Crippen molar-refractivity contribution in [1.29, 1.82) is 5.26 Å². The van der Waals surface area contributed by atoms with Crippen LogP contribution in [-0.4, -0.2) is 22.4 Å². The minimum absolute atomic E-state index is 0.179. The molecule has 140 valence electrons. The first-order valence-electron chi connectivity index (χ1n) is 9.01. The van der Waals surface area contributed by atoms with E-state index in [0.717, 1.165) is 16.9 Å². The minimum atomic E-state index is -0.179. The van der Waals surface area contributed by atoms with E-state index in [1.54, 1.807) is 42.2 Å². The van der Waals surface area contributed by atoms with Crippen LogP contribution in [-0.2, 0) is 0 Å².